The van der Waals surface area contributed by atoms with Crippen molar-refractivity contribution in [1.82, 2.24) is 4.72 Å². The molecule has 0 bridgehead atoms. The lowest BCUT2D eigenvalue weighted by atomic mass is 9.96. The summed E-state index contributed by atoms with van der Waals surface area (Å²) in [7, 11) is -1.94. The zero-order valence-electron chi connectivity index (χ0n) is 12.5. The minimum atomic E-state index is -3.49. The number of benzene rings is 2. The Hall–Kier alpha value is -1.85. The van der Waals surface area contributed by atoms with Crippen LogP contribution in [0.3, 0.4) is 0 Å². The molecular formula is C17H19NO3S. The lowest BCUT2D eigenvalue weighted by Gasteiger charge is -2.16. The van der Waals surface area contributed by atoms with Gasteiger partial charge in [-0.05, 0) is 42.7 Å². The Morgan fingerprint density at radius 1 is 1.05 bits per heavy atom. The van der Waals surface area contributed by atoms with Crippen molar-refractivity contribution in [2.24, 2.45) is 0 Å². The molecule has 2 aromatic rings. The molecule has 1 aliphatic rings. The van der Waals surface area contributed by atoms with Gasteiger partial charge in [-0.15, -0.1) is 0 Å². The SMILES string of the molecule is COc1ccc(S(=O)(=O)NCC2(c3ccccc3)CC2)cc1. The third-order valence-electron chi connectivity index (χ3n) is 4.21. The van der Waals surface area contributed by atoms with Gasteiger partial charge in [0, 0.05) is 12.0 Å². The monoisotopic (exact) mass is 317 g/mol. The topological polar surface area (TPSA) is 55.4 Å². The number of hydrogen-bond donors (Lipinski definition) is 1. The number of sulfonamides is 1. The van der Waals surface area contributed by atoms with Crippen molar-refractivity contribution in [2.75, 3.05) is 13.7 Å². The van der Waals surface area contributed by atoms with E-state index in [9.17, 15) is 8.42 Å². The van der Waals surface area contributed by atoms with Crippen LogP contribution in [0.5, 0.6) is 5.75 Å². The van der Waals surface area contributed by atoms with Crippen LogP contribution in [0.4, 0.5) is 0 Å². The average Bonchev–Trinajstić information content (AvgIpc) is 3.35. The van der Waals surface area contributed by atoms with Gasteiger partial charge < -0.3 is 4.74 Å². The van der Waals surface area contributed by atoms with E-state index < -0.39 is 10.0 Å². The van der Waals surface area contributed by atoms with Crippen LogP contribution in [0.1, 0.15) is 18.4 Å². The van der Waals surface area contributed by atoms with Gasteiger partial charge in [0.1, 0.15) is 5.75 Å². The summed E-state index contributed by atoms with van der Waals surface area (Å²) in [6.45, 7) is 0.436. The van der Waals surface area contributed by atoms with Crippen LogP contribution in [0.15, 0.2) is 59.5 Å². The second-order valence-electron chi connectivity index (χ2n) is 5.65. The second kappa shape index (κ2) is 5.74. The zero-order chi connectivity index (χ0) is 15.6. The lowest BCUT2D eigenvalue weighted by Crippen LogP contribution is -2.32. The van der Waals surface area contributed by atoms with E-state index in [1.165, 1.54) is 5.56 Å². The van der Waals surface area contributed by atoms with Gasteiger partial charge in [0.25, 0.3) is 0 Å². The Morgan fingerprint density at radius 2 is 1.68 bits per heavy atom. The van der Waals surface area contributed by atoms with Crippen LogP contribution in [-0.2, 0) is 15.4 Å². The summed E-state index contributed by atoms with van der Waals surface area (Å²) in [6, 6.07) is 16.5. The van der Waals surface area contributed by atoms with Crippen molar-refractivity contribution < 1.29 is 13.2 Å². The number of hydrogen-bond acceptors (Lipinski definition) is 3. The molecule has 5 heteroatoms. The first-order chi connectivity index (χ1) is 10.6. The van der Waals surface area contributed by atoms with Gasteiger partial charge >= 0.3 is 0 Å². The smallest absolute Gasteiger partial charge is 0.240 e. The molecule has 2 aromatic carbocycles. The molecule has 0 amide bonds. The molecule has 1 N–H and O–H groups in total. The molecule has 0 saturated heterocycles. The number of rotatable bonds is 6. The maximum absolute atomic E-state index is 12.4. The Labute approximate surface area is 131 Å². The van der Waals surface area contributed by atoms with Crippen molar-refractivity contribution in [3.05, 3.63) is 60.2 Å². The molecule has 0 unspecified atom stereocenters. The Morgan fingerprint density at radius 3 is 2.23 bits per heavy atom. The van der Waals surface area contributed by atoms with Crippen LogP contribution >= 0.6 is 0 Å². The van der Waals surface area contributed by atoms with E-state index in [2.05, 4.69) is 16.9 Å². The fourth-order valence-corrected chi connectivity index (χ4v) is 3.71. The van der Waals surface area contributed by atoms with Crippen molar-refractivity contribution >= 4 is 10.0 Å². The first-order valence-corrected chi connectivity index (χ1v) is 8.73. The molecule has 1 fully saturated rings. The van der Waals surface area contributed by atoms with E-state index in [0.717, 1.165) is 12.8 Å². The van der Waals surface area contributed by atoms with Crippen LogP contribution in [0.25, 0.3) is 0 Å². The summed E-state index contributed by atoms with van der Waals surface area (Å²) < 4.78 is 32.6. The fraction of sp³-hybridized carbons (Fsp3) is 0.294. The normalized spacial score (nSPS) is 16.2. The first kappa shape index (κ1) is 15.1. The quantitative estimate of drug-likeness (QED) is 0.891. The van der Waals surface area contributed by atoms with Gasteiger partial charge in [0.2, 0.25) is 10.0 Å². The van der Waals surface area contributed by atoms with E-state index in [-0.39, 0.29) is 10.3 Å². The van der Waals surface area contributed by atoms with E-state index in [1.54, 1.807) is 31.4 Å². The van der Waals surface area contributed by atoms with Gasteiger partial charge in [-0.3, -0.25) is 0 Å². The highest BCUT2D eigenvalue weighted by atomic mass is 32.2. The number of ether oxygens (including phenoxy) is 1. The van der Waals surface area contributed by atoms with Crippen LogP contribution in [0.2, 0.25) is 0 Å². The van der Waals surface area contributed by atoms with Gasteiger partial charge in [-0.2, -0.15) is 0 Å². The largest absolute Gasteiger partial charge is 0.497 e. The minimum Gasteiger partial charge on any atom is -0.497 e. The molecule has 1 aliphatic carbocycles. The molecule has 0 atom stereocenters. The maximum Gasteiger partial charge on any atom is 0.240 e. The standard InChI is InChI=1S/C17H19NO3S/c1-21-15-7-9-16(10-8-15)22(19,20)18-13-17(11-12-17)14-5-3-2-4-6-14/h2-10,18H,11-13H2,1H3. The summed E-state index contributed by atoms with van der Waals surface area (Å²) in [6.07, 6.45) is 2.03. The number of methoxy groups -OCH3 is 1. The zero-order valence-corrected chi connectivity index (χ0v) is 13.3. The Balaban J connectivity index is 1.72. The minimum absolute atomic E-state index is 0.0409. The Kier molecular flexibility index (Phi) is 3.93. The Bertz CT molecular complexity index is 735. The highest BCUT2D eigenvalue weighted by Crippen LogP contribution is 2.47. The van der Waals surface area contributed by atoms with Gasteiger partial charge in [-0.1, -0.05) is 30.3 Å². The summed E-state index contributed by atoms with van der Waals surface area (Å²) >= 11 is 0. The van der Waals surface area contributed by atoms with Crippen LogP contribution in [0, 0.1) is 0 Å². The molecule has 0 radical (unpaired) electrons. The highest BCUT2D eigenvalue weighted by molar-refractivity contribution is 7.89. The van der Waals surface area contributed by atoms with Gasteiger partial charge in [0.15, 0.2) is 0 Å². The molecule has 3 rings (SSSR count). The molecular weight excluding hydrogens is 298 g/mol. The number of nitrogens with one attached hydrogen (secondary N) is 1. The van der Waals surface area contributed by atoms with Crippen LogP contribution in [-0.4, -0.2) is 22.1 Å². The first-order valence-electron chi connectivity index (χ1n) is 7.25. The fourth-order valence-electron chi connectivity index (χ4n) is 2.58. The molecule has 0 aliphatic heterocycles. The third kappa shape index (κ3) is 3.00. The van der Waals surface area contributed by atoms with E-state index in [0.29, 0.717) is 12.3 Å². The predicted octanol–water partition coefficient (Wildman–Crippen LogP) is 2.71. The summed E-state index contributed by atoms with van der Waals surface area (Å²) in [5.74, 6) is 0.641. The van der Waals surface area contributed by atoms with E-state index in [4.69, 9.17) is 4.74 Å². The van der Waals surface area contributed by atoms with Crippen LogP contribution < -0.4 is 9.46 Å². The average molecular weight is 317 g/mol. The second-order valence-corrected chi connectivity index (χ2v) is 7.41. The lowest BCUT2D eigenvalue weighted by molar-refractivity contribution is 0.414. The van der Waals surface area contributed by atoms with Crippen molar-refractivity contribution in [1.29, 1.82) is 0 Å². The summed E-state index contributed by atoms with van der Waals surface area (Å²) in [4.78, 5) is 0.261. The third-order valence-corrected chi connectivity index (χ3v) is 5.63. The molecule has 22 heavy (non-hydrogen) atoms. The molecule has 1 saturated carbocycles. The predicted molar refractivity (Wildman–Crippen MR) is 85.5 cm³/mol. The van der Waals surface area contributed by atoms with Gasteiger partial charge in [0.05, 0.1) is 12.0 Å². The molecule has 116 valence electrons. The van der Waals surface area contributed by atoms with E-state index >= 15 is 0 Å². The van der Waals surface area contributed by atoms with Gasteiger partial charge in [-0.25, -0.2) is 13.1 Å². The van der Waals surface area contributed by atoms with E-state index in [1.807, 2.05) is 18.2 Å². The maximum atomic E-state index is 12.4. The molecule has 4 nitrogen and oxygen atoms in total. The molecule has 0 spiro atoms. The summed E-state index contributed by atoms with van der Waals surface area (Å²) in [5, 5.41) is 0. The van der Waals surface area contributed by atoms with Crippen molar-refractivity contribution in [3.63, 3.8) is 0 Å². The summed E-state index contributed by atoms with van der Waals surface area (Å²) in [5.41, 5.74) is 1.16. The molecule has 0 heterocycles. The molecule has 0 aromatic heterocycles. The van der Waals surface area contributed by atoms with Crippen molar-refractivity contribution in [2.45, 2.75) is 23.2 Å². The van der Waals surface area contributed by atoms with Crippen molar-refractivity contribution in [3.8, 4) is 5.75 Å². The highest BCUT2D eigenvalue weighted by Gasteiger charge is 2.44.